The summed E-state index contributed by atoms with van der Waals surface area (Å²) in [4.78, 5) is 66.9. The van der Waals surface area contributed by atoms with Gasteiger partial charge in [0.25, 0.3) is 0 Å². The van der Waals surface area contributed by atoms with Gasteiger partial charge in [0.2, 0.25) is 0 Å². The Kier molecular flexibility index (Phi) is 12.5. The predicted molar refractivity (Wildman–Crippen MR) is 213 cm³/mol. The molecule has 2 aromatic rings. The molecule has 3 fully saturated rings. The number of hydrogen-bond donors (Lipinski definition) is 5. The van der Waals surface area contributed by atoms with E-state index in [0.717, 1.165) is 0 Å². The van der Waals surface area contributed by atoms with Crippen LogP contribution < -0.4 is 5.32 Å². The molecule has 3 aliphatic carbocycles. The summed E-state index contributed by atoms with van der Waals surface area (Å²) in [6.07, 6.45) is -11.9. The van der Waals surface area contributed by atoms with Crippen LogP contribution in [0.15, 0.2) is 71.8 Å². The number of fused-ring (bicyclic) bond motifs is 5. The molecule has 1 heterocycles. The van der Waals surface area contributed by atoms with E-state index in [1.165, 1.54) is 6.92 Å². The summed E-state index contributed by atoms with van der Waals surface area (Å²) in [5, 5.41) is 51.0. The molecule has 2 aromatic carbocycles. The van der Waals surface area contributed by atoms with Gasteiger partial charge in [-0.05, 0) is 75.3 Å². The monoisotopic (exact) mass is 835 g/mol. The highest BCUT2D eigenvalue weighted by Crippen LogP contribution is 2.64. The normalized spacial score (nSPS) is 32.9. The molecule has 4 aliphatic rings. The highest BCUT2D eigenvalue weighted by atomic mass is 16.6. The van der Waals surface area contributed by atoms with Crippen LogP contribution in [-0.2, 0) is 38.1 Å². The molecule has 2 saturated carbocycles. The summed E-state index contributed by atoms with van der Waals surface area (Å²) in [5.41, 5.74) is -4.23. The first-order valence-electron chi connectivity index (χ1n) is 20.3. The molecule has 60 heavy (non-hydrogen) atoms. The first-order chi connectivity index (χ1) is 28.0. The van der Waals surface area contributed by atoms with E-state index in [4.69, 9.17) is 23.7 Å². The average molecular weight is 836 g/mol. The van der Waals surface area contributed by atoms with Crippen LogP contribution in [-0.4, -0.2) is 111 Å². The SMILES string of the molecule is CC(=O)CC(=O)O[C@@]12CO[C@@H]1C[C@H](O)[C@]1(C)C2[C@H](OC(=O)c2ccccc2)C2C[C@H](OC(=O)[C@H](O)[C@@H](NC(=O)OC(C)(C)C)c3ccccc3)C(C)=C([C@@H](O)[C@@H]1O)C2(C)C. The van der Waals surface area contributed by atoms with E-state index in [-0.39, 0.29) is 30.6 Å². The van der Waals surface area contributed by atoms with Gasteiger partial charge in [0.1, 0.15) is 42.2 Å². The van der Waals surface area contributed by atoms with Crippen LogP contribution in [0.1, 0.15) is 96.6 Å². The Labute approximate surface area is 349 Å². The van der Waals surface area contributed by atoms with Crippen molar-refractivity contribution in [3.8, 4) is 0 Å². The maximum Gasteiger partial charge on any atom is 0.408 e. The number of ether oxygens (including phenoxy) is 5. The van der Waals surface area contributed by atoms with Gasteiger partial charge in [-0.3, -0.25) is 9.59 Å². The first kappa shape index (κ1) is 44.9. The zero-order valence-electron chi connectivity index (χ0n) is 35.2. The maximum absolute atomic E-state index is 14.2. The molecule has 2 bridgehead atoms. The van der Waals surface area contributed by atoms with Crippen LogP contribution >= 0.6 is 0 Å². The summed E-state index contributed by atoms with van der Waals surface area (Å²) in [5.74, 6) is -5.39. The molecule has 0 aromatic heterocycles. The smallest absolute Gasteiger partial charge is 0.408 e. The Hall–Kier alpha value is -4.67. The number of amides is 1. The molecule has 2 unspecified atom stereocenters. The minimum atomic E-state index is -1.96. The summed E-state index contributed by atoms with van der Waals surface area (Å²) >= 11 is 0. The number of ketones is 1. The highest BCUT2D eigenvalue weighted by Gasteiger charge is 2.75. The fourth-order valence-electron chi connectivity index (χ4n) is 10.0. The second kappa shape index (κ2) is 16.7. The quantitative estimate of drug-likeness (QED) is 0.0992. The molecule has 15 nitrogen and oxygen atoms in total. The zero-order chi connectivity index (χ0) is 44.1. The van der Waals surface area contributed by atoms with Crippen molar-refractivity contribution >= 4 is 29.8 Å². The van der Waals surface area contributed by atoms with E-state index in [9.17, 15) is 44.4 Å². The molecular formula is C45H57NO14. The minimum Gasteiger partial charge on any atom is -0.458 e. The lowest BCUT2D eigenvalue weighted by Crippen LogP contribution is -2.80. The van der Waals surface area contributed by atoms with Crippen molar-refractivity contribution in [2.45, 2.75) is 135 Å². The van der Waals surface area contributed by atoms with Crippen molar-refractivity contribution in [1.29, 1.82) is 0 Å². The number of nitrogens with one attached hydrogen (secondary N) is 1. The molecule has 326 valence electrons. The fraction of sp³-hybridized carbons (Fsp3) is 0.578. The summed E-state index contributed by atoms with van der Waals surface area (Å²) in [6.45, 7) is 12.8. The Bertz CT molecular complexity index is 1990. The lowest BCUT2D eigenvalue weighted by atomic mass is 9.45. The van der Waals surface area contributed by atoms with E-state index in [1.54, 1.807) is 109 Å². The van der Waals surface area contributed by atoms with Gasteiger partial charge in [-0.25, -0.2) is 14.4 Å². The average Bonchev–Trinajstić information content (AvgIpc) is 3.16. The Balaban J connectivity index is 1.46. The van der Waals surface area contributed by atoms with Crippen molar-refractivity contribution in [3.05, 3.63) is 82.9 Å². The molecule has 12 atom stereocenters. The standard InChI is InChI=1S/C45H57NO14/c1-23(47)19-31(49)59-45-22-56-30(45)21-29(48)44(8)37(45)36(58-39(53)26-17-13-10-14-18-26)27-20-28(24(2)32(43(27,6)7)34(50)38(44)52)57-40(54)35(51)33(25-15-11-9-12-16-25)46-41(55)60-42(3,4)5/h9-18,27-30,33-38,48,50-52H,19-22H2,1-8H3,(H,46,55)/t27?,28-,29-,30+,33-,34+,35+,36+,37?,38-,44+,45-/m0/s1. The van der Waals surface area contributed by atoms with Crippen molar-refractivity contribution in [2.75, 3.05) is 6.61 Å². The molecular weight excluding hydrogens is 778 g/mol. The lowest BCUT2D eigenvalue weighted by molar-refractivity contribution is -0.354. The van der Waals surface area contributed by atoms with Gasteiger partial charge >= 0.3 is 24.0 Å². The number of carbonyl (C=O) groups is 5. The molecule has 1 aliphatic heterocycles. The van der Waals surface area contributed by atoms with Crippen molar-refractivity contribution in [2.24, 2.45) is 22.7 Å². The van der Waals surface area contributed by atoms with Gasteiger partial charge in [-0.2, -0.15) is 0 Å². The lowest BCUT2D eigenvalue weighted by Gasteiger charge is -2.67. The van der Waals surface area contributed by atoms with Gasteiger partial charge in [-0.1, -0.05) is 69.3 Å². The van der Waals surface area contributed by atoms with Gasteiger partial charge in [0, 0.05) is 17.8 Å². The van der Waals surface area contributed by atoms with Gasteiger partial charge in [0.05, 0.1) is 36.3 Å². The van der Waals surface area contributed by atoms with Crippen LogP contribution in [0.2, 0.25) is 0 Å². The number of Topliss-reactive ketones (excluding diaryl/α,β-unsaturated/α-hetero) is 1. The number of hydrogen-bond acceptors (Lipinski definition) is 14. The van der Waals surface area contributed by atoms with Crippen molar-refractivity contribution < 1.29 is 68.1 Å². The van der Waals surface area contributed by atoms with Crippen LogP contribution in [0.4, 0.5) is 4.79 Å². The molecule has 1 amide bonds. The third kappa shape index (κ3) is 8.22. The number of carbonyl (C=O) groups excluding carboxylic acids is 5. The minimum absolute atomic E-state index is 0.0719. The number of aliphatic hydroxyl groups excluding tert-OH is 4. The number of esters is 3. The third-order valence-electron chi connectivity index (χ3n) is 13.0. The van der Waals surface area contributed by atoms with Crippen LogP contribution in [0.5, 0.6) is 0 Å². The summed E-state index contributed by atoms with van der Waals surface area (Å²) in [6, 6.07) is 15.1. The molecule has 6 rings (SSSR count). The fourth-order valence-corrected chi connectivity index (χ4v) is 10.0. The first-order valence-corrected chi connectivity index (χ1v) is 20.3. The Morgan fingerprint density at radius 1 is 0.917 bits per heavy atom. The number of benzene rings is 2. The van der Waals surface area contributed by atoms with Gasteiger partial charge in [0.15, 0.2) is 11.7 Å². The second-order valence-electron chi connectivity index (χ2n) is 18.4. The topological polar surface area (TPSA) is 224 Å². The van der Waals surface area contributed by atoms with E-state index < -0.39 is 119 Å². The zero-order valence-corrected chi connectivity index (χ0v) is 35.2. The summed E-state index contributed by atoms with van der Waals surface area (Å²) in [7, 11) is 0. The van der Waals surface area contributed by atoms with Crippen LogP contribution in [0.25, 0.3) is 0 Å². The highest BCUT2D eigenvalue weighted by molar-refractivity contribution is 5.94. The van der Waals surface area contributed by atoms with Crippen molar-refractivity contribution in [1.82, 2.24) is 5.32 Å². The Morgan fingerprint density at radius 2 is 1.53 bits per heavy atom. The van der Waals surface area contributed by atoms with E-state index in [2.05, 4.69) is 5.32 Å². The molecule has 15 heteroatoms. The second-order valence-corrected chi connectivity index (χ2v) is 18.4. The Morgan fingerprint density at radius 3 is 2.10 bits per heavy atom. The summed E-state index contributed by atoms with van der Waals surface area (Å²) < 4.78 is 30.2. The molecule has 5 N–H and O–H groups in total. The maximum atomic E-state index is 14.2. The number of rotatable bonds is 10. The predicted octanol–water partition coefficient (Wildman–Crippen LogP) is 3.90. The largest absolute Gasteiger partial charge is 0.458 e. The molecule has 0 spiro atoms. The van der Waals surface area contributed by atoms with E-state index >= 15 is 0 Å². The van der Waals surface area contributed by atoms with Gasteiger partial charge < -0.3 is 49.4 Å². The number of aliphatic hydroxyl groups is 4. The van der Waals surface area contributed by atoms with Crippen LogP contribution in [0.3, 0.4) is 0 Å². The van der Waals surface area contributed by atoms with Gasteiger partial charge in [-0.15, -0.1) is 0 Å². The van der Waals surface area contributed by atoms with E-state index in [0.29, 0.717) is 11.1 Å². The molecule has 1 saturated heterocycles. The van der Waals surface area contributed by atoms with E-state index in [1.807, 2.05) is 0 Å². The molecule has 0 radical (unpaired) electrons. The van der Waals surface area contributed by atoms with Crippen LogP contribution in [0, 0.1) is 22.7 Å². The number of alkyl carbamates (subject to hydrolysis) is 1. The third-order valence-corrected chi connectivity index (χ3v) is 13.0. The van der Waals surface area contributed by atoms with Crippen molar-refractivity contribution in [3.63, 3.8) is 0 Å².